The number of amides is 1. The van der Waals surface area contributed by atoms with Gasteiger partial charge in [-0.2, -0.15) is 0 Å². The van der Waals surface area contributed by atoms with Crippen LogP contribution in [0.15, 0.2) is 24.3 Å². The molecule has 0 bridgehead atoms. The number of fused-ring (bicyclic) bond motifs is 2. The zero-order chi connectivity index (χ0) is 17.6. The molecule has 2 aromatic rings. The number of nitrogens with zero attached hydrogens (tertiary/aromatic N) is 1. The van der Waals surface area contributed by atoms with Crippen LogP contribution >= 0.6 is 0 Å². The molecule has 25 heavy (non-hydrogen) atoms. The number of benzene rings is 1. The molecule has 0 radical (unpaired) electrons. The Morgan fingerprint density at radius 1 is 1.36 bits per heavy atom. The maximum atomic E-state index is 12.9. The lowest BCUT2D eigenvalue weighted by molar-refractivity contribution is -0.0810. The van der Waals surface area contributed by atoms with E-state index in [2.05, 4.69) is 5.32 Å². The number of hydrogen-bond acceptors (Lipinski definition) is 4. The third kappa shape index (κ3) is 2.60. The zero-order valence-electron chi connectivity index (χ0n) is 14.8. The van der Waals surface area contributed by atoms with Gasteiger partial charge in [-0.3, -0.25) is 4.79 Å². The molecule has 134 valence electrons. The summed E-state index contributed by atoms with van der Waals surface area (Å²) in [6.07, 6.45) is 1.23. The Labute approximate surface area is 147 Å². The maximum absolute atomic E-state index is 12.9. The van der Waals surface area contributed by atoms with Crippen LogP contribution in [0.3, 0.4) is 0 Å². The van der Waals surface area contributed by atoms with E-state index in [1.54, 1.807) is 14.2 Å². The van der Waals surface area contributed by atoms with Crippen LogP contribution in [0, 0.1) is 11.8 Å². The zero-order valence-corrected chi connectivity index (χ0v) is 14.8. The average molecular weight is 344 g/mol. The second kappa shape index (κ2) is 6.35. The highest BCUT2D eigenvalue weighted by Gasteiger charge is 2.54. The van der Waals surface area contributed by atoms with Crippen molar-refractivity contribution in [2.75, 3.05) is 27.4 Å². The van der Waals surface area contributed by atoms with Crippen LogP contribution in [-0.4, -0.2) is 50.1 Å². The molecule has 2 fully saturated rings. The molecule has 1 saturated heterocycles. The van der Waals surface area contributed by atoms with E-state index in [-0.39, 0.29) is 24.0 Å². The Morgan fingerprint density at radius 2 is 2.20 bits per heavy atom. The minimum atomic E-state index is -0.0471. The highest BCUT2D eigenvalue weighted by molar-refractivity contribution is 5.99. The van der Waals surface area contributed by atoms with Crippen LogP contribution in [0.25, 0.3) is 10.9 Å². The van der Waals surface area contributed by atoms with Crippen LogP contribution < -0.4 is 10.1 Å². The topological polar surface area (TPSA) is 61.7 Å². The van der Waals surface area contributed by atoms with E-state index in [9.17, 15) is 4.79 Å². The summed E-state index contributed by atoms with van der Waals surface area (Å²) >= 11 is 0. The van der Waals surface area contributed by atoms with Crippen LogP contribution in [0.5, 0.6) is 5.75 Å². The minimum absolute atomic E-state index is 0.0471. The fourth-order valence-corrected chi connectivity index (χ4v) is 4.31. The Balaban J connectivity index is 1.56. The van der Waals surface area contributed by atoms with Crippen LogP contribution in [0.4, 0.5) is 0 Å². The predicted molar refractivity (Wildman–Crippen MR) is 93.9 cm³/mol. The first-order valence-corrected chi connectivity index (χ1v) is 8.69. The Hall–Kier alpha value is -2.05. The Kier molecular flexibility index (Phi) is 4.17. The van der Waals surface area contributed by atoms with E-state index in [0.717, 1.165) is 29.7 Å². The van der Waals surface area contributed by atoms with Gasteiger partial charge < -0.3 is 24.1 Å². The molecule has 6 heteroatoms. The van der Waals surface area contributed by atoms with Gasteiger partial charge in [0.2, 0.25) is 0 Å². The lowest BCUT2D eigenvalue weighted by Gasteiger charge is -2.47. The normalized spacial score (nSPS) is 27.8. The molecule has 1 saturated carbocycles. The molecule has 0 unspecified atom stereocenters. The summed E-state index contributed by atoms with van der Waals surface area (Å²) < 4.78 is 18.3. The van der Waals surface area contributed by atoms with Crippen molar-refractivity contribution in [3.05, 3.63) is 30.0 Å². The third-order valence-corrected chi connectivity index (χ3v) is 5.67. The molecule has 0 spiro atoms. The summed E-state index contributed by atoms with van der Waals surface area (Å²) in [5.41, 5.74) is 1.63. The lowest BCUT2D eigenvalue weighted by Crippen LogP contribution is -2.62. The quantitative estimate of drug-likeness (QED) is 0.901. The van der Waals surface area contributed by atoms with Crippen LogP contribution in [0.1, 0.15) is 16.9 Å². The second-order valence-corrected chi connectivity index (χ2v) is 6.92. The van der Waals surface area contributed by atoms with E-state index in [0.29, 0.717) is 18.2 Å². The van der Waals surface area contributed by atoms with Gasteiger partial charge >= 0.3 is 0 Å². The highest BCUT2D eigenvalue weighted by atomic mass is 16.5. The maximum Gasteiger partial charge on any atom is 0.268 e. The molecule has 1 aromatic heterocycles. The molecule has 1 N–H and O–H groups in total. The van der Waals surface area contributed by atoms with E-state index in [1.165, 1.54) is 0 Å². The van der Waals surface area contributed by atoms with Crippen molar-refractivity contribution in [2.45, 2.75) is 18.6 Å². The Morgan fingerprint density at radius 3 is 2.96 bits per heavy atom. The molecule has 4 rings (SSSR count). The van der Waals surface area contributed by atoms with Crippen molar-refractivity contribution >= 4 is 16.8 Å². The summed E-state index contributed by atoms with van der Waals surface area (Å²) in [6, 6.07) is 7.88. The molecular weight excluding hydrogens is 320 g/mol. The fraction of sp³-hybridized carbons (Fsp3) is 0.526. The van der Waals surface area contributed by atoms with Gasteiger partial charge in [-0.15, -0.1) is 0 Å². The van der Waals surface area contributed by atoms with E-state index in [1.807, 2.05) is 35.9 Å². The monoisotopic (exact) mass is 344 g/mol. The molecule has 4 atom stereocenters. The van der Waals surface area contributed by atoms with Gasteiger partial charge in [0.15, 0.2) is 0 Å². The summed E-state index contributed by atoms with van der Waals surface area (Å²) in [7, 11) is 5.24. The summed E-state index contributed by atoms with van der Waals surface area (Å²) in [4.78, 5) is 12.9. The van der Waals surface area contributed by atoms with Crippen molar-refractivity contribution in [3.63, 3.8) is 0 Å². The first-order chi connectivity index (χ1) is 12.1. The van der Waals surface area contributed by atoms with Gasteiger partial charge in [0, 0.05) is 50.1 Å². The number of rotatable bonds is 5. The largest absolute Gasteiger partial charge is 0.497 e. The summed E-state index contributed by atoms with van der Waals surface area (Å²) in [5.74, 6) is 1.37. The van der Waals surface area contributed by atoms with Crippen molar-refractivity contribution in [1.29, 1.82) is 0 Å². The number of carbonyl (C=O) groups is 1. The van der Waals surface area contributed by atoms with Crippen molar-refractivity contribution in [2.24, 2.45) is 18.9 Å². The number of methoxy groups -OCH3 is 2. The van der Waals surface area contributed by atoms with Crippen molar-refractivity contribution < 1.29 is 19.0 Å². The molecule has 2 aliphatic rings. The summed E-state index contributed by atoms with van der Waals surface area (Å²) in [6.45, 7) is 1.38. The highest BCUT2D eigenvalue weighted by Crippen LogP contribution is 2.43. The number of ether oxygens (including phenoxy) is 3. The smallest absolute Gasteiger partial charge is 0.268 e. The van der Waals surface area contributed by atoms with E-state index in [4.69, 9.17) is 14.2 Å². The number of aryl methyl sites for hydroxylation is 1. The standard InChI is InChI=1S/C19H24N2O4/c1-21-15-9-12(24-3)5-4-11(15)8-16(21)19(22)20-17-13-6-7-25-18(13)14(17)10-23-2/h4-5,8-9,13-14,17-18H,6-7,10H2,1-3H3,(H,20,22)/t13-,14-,17-,18-/m1/s1. The summed E-state index contributed by atoms with van der Waals surface area (Å²) in [5, 5.41) is 4.24. The van der Waals surface area contributed by atoms with Gasteiger partial charge in [0.05, 0.1) is 25.3 Å². The molecule has 1 amide bonds. The number of nitrogens with one attached hydrogen (secondary N) is 1. The number of aromatic nitrogens is 1. The molecule has 6 nitrogen and oxygen atoms in total. The van der Waals surface area contributed by atoms with Gasteiger partial charge in [-0.1, -0.05) is 0 Å². The predicted octanol–water partition coefficient (Wildman–Crippen LogP) is 1.97. The molecule has 1 aliphatic heterocycles. The number of carbonyl (C=O) groups excluding carboxylic acids is 1. The third-order valence-electron chi connectivity index (χ3n) is 5.67. The molecule has 1 aliphatic carbocycles. The van der Waals surface area contributed by atoms with Gasteiger partial charge in [-0.25, -0.2) is 0 Å². The van der Waals surface area contributed by atoms with Crippen LogP contribution in [-0.2, 0) is 16.5 Å². The minimum Gasteiger partial charge on any atom is -0.497 e. The first kappa shape index (κ1) is 16.4. The second-order valence-electron chi connectivity index (χ2n) is 6.92. The molecule has 2 heterocycles. The SMILES string of the molecule is COC[C@@H]1[C@H](NC(=O)c2cc3ccc(OC)cc3n2C)[C@H]2CCO[C@H]21. The van der Waals surface area contributed by atoms with Gasteiger partial charge in [0.25, 0.3) is 5.91 Å². The average Bonchev–Trinajstić information content (AvgIpc) is 3.19. The van der Waals surface area contributed by atoms with Crippen LogP contribution in [0.2, 0.25) is 0 Å². The first-order valence-electron chi connectivity index (χ1n) is 8.69. The number of hydrogen-bond donors (Lipinski definition) is 1. The fourth-order valence-electron chi connectivity index (χ4n) is 4.31. The van der Waals surface area contributed by atoms with E-state index < -0.39 is 0 Å². The lowest BCUT2D eigenvalue weighted by atomic mass is 9.67. The van der Waals surface area contributed by atoms with E-state index >= 15 is 0 Å². The van der Waals surface area contributed by atoms with Crippen molar-refractivity contribution in [1.82, 2.24) is 9.88 Å². The van der Waals surface area contributed by atoms with Gasteiger partial charge in [0.1, 0.15) is 11.4 Å². The molecule has 1 aromatic carbocycles. The molecular formula is C19H24N2O4. The van der Waals surface area contributed by atoms with Gasteiger partial charge in [-0.05, 0) is 24.6 Å². The van der Waals surface area contributed by atoms with Crippen molar-refractivity contribution in [3.8, 4) is 5.75 Å². The Bertz CT molecular complexity index is 800.